The molecule has 1 aromatic carbocycles. The normalized spacial score (nSPS) is 13.8. The SMILES string of the molecule is CCN(C(=O)c1ccccc1[Si](C)(C)C)C(OC)C(C)(C)C. The van der Waals surface area contributed by atoms with Crippen molar-refractivity contribution < 1.29 is 9.53 Å². The minimum Gasteiger partial charge on any atom is -0.361 e. The molecule has 1 aromatic rings. The number of amides is 1. The maximum absolute atomic E-state index is 13.2. The van der Waals surface area contributed by atoms with E-state index in [2.05, 4.69) is 46.5 Å². The van der Waals surface area contributed by atoms with Gasteiger partial charge < -0.3 is 9.64 Å². The van der Waals surface area contributed by atoms with Gasteiger partial charge in [0.05, 0.1) is 8.07 Å². The highest BCUT2D eigenvalue weighted by atomic mass is 28.3. The Bertz CT molecular complexity index is 515. The van der Waals surface area contributed by atoms with Gasteiger partial charge >= 0.3 is 0 Å². The van der Waals surface area contributed by atoms with Gasteiger partial charge in [-0.05, 0) is 18.2 Å². The molecule has 1 unspecified atom stereocenters. The second kappa shape index (κ2) is 6.96. The van der Waals surface area contributed by atoms with Crippen LogP contribution in [0.1, 0.15) is 38.1 Å². The molecule has 0 heterocycles. The molecule has 0 N–H and O–H groups in total. The van der Waals surface area contributed by atoms with Crippen LogP contribution in [0, 0.1) is 5.41 Å². The molecule has 124 valence electrons. The number of carbonyl (C=O) groups is 1. The van der Waals surface area contributed by atoms with Gasteiger partial charge in [-0.15, -0.1) is 0 Å². The minimum absolute atomic E-state index is 0.0716. The topological polar surface area (TPSA) is 29.5 Å². The summed E-state index contributed by atoms with van der Waals surface area (Å²) in [6, 6.07) is 8.03. The summed E-state index contributed by atoms with van der Waals surface area (Å²) >= 11 is 0. The van der Waals surface area contributed by atoms with E-state index in [1.54, 1.807) is 7.11 Å². The van der Waals surface area contributed by atoms with Crippen LogP contribution in [0.4, 0.5) is 0 Å². The lowest BCUT2D eigenvalue weighted by atomic mass is 9.92. The molecule has 4 heteroatoms. The maximum atomic E-state index is 13.2. The first-order valence-electron chi connectivity index (χ1n) is 7.97. The molecule has 0 spiro atoms. The highest BCUT2D eigenvalue weighted by Crippen LogP contribution is 2.26. The molecule has 22 heavy (non-hydrogen) atoms. The summed E-state index contributed by atoms with van der Waals surface area (Å²) in [6.07, 6.45) is -0.236. The molecule has 0 aromatic heterocycles. The smallest absolute Gasteiger partial charge is 0.255 e. The maximum Gasteiger partial charge on any atom is 0.255 e. The van der Waals surface area contributed by atoms with E-state index in [1.807, 2.05) is 30.0 Å². The van der Waals surface area contributed by atoms with E-state index in [0.29, 0.717) is 6.54 Å². The zero-order valence-electron chi connectivity index (χ0n) is 15.4. The Morgan fingerprint density at radius 3 is 2.18 bits per heavy atom. The van der Waals surface area contributed by atoms with Gasteiger partial charge in [-0.2, -0.15) is 0 Å². The molecule has 0 fully saturated rings. The van der Waals surface area contributed by atoms with Crippen molar-refractivity contribution in [1.82, 2.24) is 4.90 Å². The third-order valence-electron chi connectivity index (χ3n) is 3.81. The standard InChI is InChI=1S/C18H31NO2Si/c1-9-19(17(21-5)18(2,3)4)16(20)14-12-10-11-13-15(14)22(6,7)8/h10-13,17H,9H2,1-8H3. The van der Waals surface area contributed by atoms with Crippen molar-refractivity contribution in [1.29, 1.82) is 0 Å². The summed E-state index contributed by atoms with van der Waals surface area (Å²) in [7, 11) is 0.0984. The molecule has 0 bridgehead atoms. The van der Waals surface area contributed by atoms with Crippen molar-refractivity contribution in [2.24, 2.45) is 5.41 Å². The molecule has 0 saturated carbocycles. The lowest BCUT2D eigenvalue weighted by molar-refractivity contribution is -0.0792. The van der Waals surface area contributed by atoms with Crippen molar-refractivity contribution in [2.75, 3.05) is 13.7 Å². The van der Waals surface area contributed by atoms with Crippen LogP contribution in [0.25, 0.3) is 0 Å². The number of methoxy groups -OCH3 is 1. The molecule has 1 atom stereocenters. The van der Waals surface area contributed by atoms with E-state index in [1.165, 1.54) is 5.19 Å². The number of carbonyl (C=O) groups excluding carboxylic acids is 1. The molecule has 0 aliphatic heterocycles. The number of nitrogens with zero attached hydrogens (tertiary/aromatic N) is 1. The third-order valence-corrected chi connectivity index (χ3v) is 5.87. The second-order valence-electron chi connectivity index (χ2n) is 7.84. The number of benzene rings is 1. The van der Waals surface area contributed by atoms with Crippen LogP contribution in [0.3, 0.4) is 0 Å². The summed E-state index contributed by atoms with van der Waals surface area (Å²) in [4.78, 5) is 15.0. The lowest BCUT2D eigenvalue weighted by Gasteiger charge is -2.39. The highest BCUT2D eigenvalue weighted by Gasteiger charge is 2.34. The van der Waals surface area contributed by atoms with Crippen molar-refractivity contribution in [3.63, 3.8) is 0 Å². The summed E-state index contributed by atoms with van der Waals surface area (Å²) in [6.45, 7) is 15.7. The van der Waals surface area contributed by atoms with E-state index in [-0.39, 0.29) is 17.6 Å². The molecule has 1 rings (SSSR count). The van der Waals surface area contributed by atoms with Crippen LogP contribution >= 0.6 is 0 Å². The molecule has 1 amide bonds. The quantitative estimate of drug-likeness (QED) is 0.611. The fraction of sp³-hybridized carbons (Fsp3) is 0.611. The highest BCUT2D eigenvalue weighted by molar-refractivity contribution is 6.89. The largest absolute Gasteiger partial charge is 0.361 e. The number of hydrogen-bond donors (Lipinski definition) is 0. The molecule has 0 saturated heterocycles. The van der Waals surface area contributed by atoms with E-state index >= 15 is 0 Å². The van der Waals surface area contributed by atoms with Crippen molar-refractivity contribution in [3.05, 3.63) is 29.8 Å². The predicted octanol–water partition coefficient (Wildman–Crippen LogP) is 3.71. The first-order chi connectivity index (χ1) is 10.0. The zero-order chi connectivity index (χ0) is 17.1. The van der Waals surface area contributed by atoms with Gasteiger partial charge in [-0.1, -0.05) is 58.6 Å². The van der Waals surface area contributed by atoms with Crippen LogP contribution in [-0.4, -0.2) is 38.8 Å². The van der Waals surface area contributed by atoms with Gasteiger partial charge in [-0.25, -0.2) is 0 Å². The Morgan fingerprint density at radius 1 is 1.23 bits per heavy atom. The molecule has 0 aliphatic rings. The fourth-order valence-corrected chi connectivity index (χ4v) is 4.44. The van der Waals surface area contributed by atoms with Crippen LogP contribution in [0.2, 0.25) is 19.6 Å². The van der Waals surface area contributed by atoms with Gasteiger partial charge in [0, 0.05) is 24.6 Å². The van der Waals surface area contributed by atoms with Crippen molar-refractivity contribution in [3.8, 4) is 0 Å². The Labute approximate surface area is 136 Å². The Morgan fingerprint density at radius 2 is 1.77 bits per heavy atom. The average Bonchev–Trinajstić information content (AvgIpc) is 2.41. The zero-order valence-corrected chi connectivity index (χ0v) is 16.4. The lowest BCUT2D eigenvalue weighted by Crippen LogP contribution is -2.51. The summed E-state index contributed by atoms with van der Waals surface area (Å²) < 4.78 is 5.65. The third kappa shape index (κ3) is 4.20. The second-order valence-corrected chi connectivity index (χ2v) is 12.9. The molecule has 0 aliphatic carbocycles. The van der Waals surface area contributed by atoms with Crippen LogP contribution in [-0.2, 0) is 4.74 Å². The number of rotatable bonds is 5. The Kier molecular flexibility index (Phi) is 5.99. The molecule has 3 nitrogen and oxygen atoms in total. The Hall–Kier alpha value is -1.13. The van der Waals surface area contributed by atoms with Gasteiger partial charge in [0.15, 0.2) is 0 Å². The fourth-order valence-electron chi connectivity index (χ4n) is 2.84. The van der Waals surface area contributed by atoms with Crippen LogP contribution in [0.15, 0.2) is 24.3 Å². The first kappa shape index (κ1) is 18.9. The Balaban J connectivity index is 3.29. The van der Waals surface area contributed by atoms with E-state index in [4.69, 9.17) is 4.74 Å². The van der Waals surface area contributed by atoms with E-state index in [9.17, 15) is 4.79 Å². The molecular weight excluding hydrogens is 290 g/mol. The first-order valence-corrected chi connectivity index (χ1v) is 11.5. The van der Waals surface area contributed by atoms with Crippen LogP contribution in [0.5, 0.6) is 0 Å². The van der Waals surface area contributed by atoms with Crippen LogP contribution < -0.4 is 5.19 Å². The summed E-state index contributed by atoms with van der Waals surface area (Å²) in [5, 5.41) is 1.21. The van der Waals surface area contributed by atoms with Gasteiger partial charge in [0.1, 0.15) is 6.23 Å². The molecular formula is C18H31NO2Si. The predicted molar refractivity (Wildman–Crippen MR) is 96.4 cm³/mol. The van der Waals surface area contributed by atoms with Crippen molar-refractivity contribution >= 4 is 19.2 Å². The van der Waals surface area contributed by atoms with E-state index < -0.39 is 8.07 Å². The van der Waals surface area contributed by atoms with Crippen molar-refractivity contribution in [2.45, 2.75) is 53.6 Å². The van der Waals surface area contributed by atoms with Gasteiger partial charge in [-0.3, -0.25) is 4.79 Å². The summed E-state index contributed by atoms with van der Waals surface area (Å²) in [5.74, 6) is 0.0716. The average molecular weight is 322 g/mol. The van der Waals surface area contributed by atoms with Gasteiger partial charge in [0.25, 0.3) is 5.91 Å². The monoisotopic (exact) mass is 321 g/mol. The summed E-state index contributed by atoms with van der Waals surface area (Å²) in [5.41, 5.74) is 0.698. The van der Waals surface area contributed by atoms with Gasteiger partial charge in [0.2, 0.25) is 0 Å². The number of hydrogen-bond acceptors (Lipinski definition) is 2. The number of ether oxygens (including phenoxy) is 1. The van der Waals surface area contributed by atoms with E-state index in [0.717, 1.165) is 5.56 Å². The molecule has 0 radical (unpaired) electrons. The minimum atomic E-state index is -1.58.